The van der Waals surface area contributed by atoms with Crippen molar-refractivity contribution >= 4 is 50.4 Å². The largest absolute Gasteiger partial charge is 0.255 e. The van der Waals surface area contributed by atoms with Crippen LogP contribution in [0.15, 0.2) is 38.7 Å². The number of thioether (sulfide) groups is 2. The van der Waals surface area contributed by atoms with Crippen LogP contribution in [0.5, 0.6) is 0 Å². The number of pyridine rings is 1. The minimum absolute atomic E-state index is 1.09. The van der Waals surface area contributed by atoms with Gasteiger partial charge in [0.2, 0.25) is 0 Å². The Bertz CT molecular complexity index is 499. The molecule has 0 spiro atoms. The Morgan fingerprint density at radius 1 is 1.13 bits per heavy atom. The summed E-state index contributed by atoms with van der Waals surface area (Å²) in [7, 11) is 0. The molecule has 0 radical (unpaired) electrons. The predicted octanol–water partition coefficient (Wildman–Crippen LogP) is 4.44. The maximum atomic E-state index is 4.45. The molecule has 0 aliphatic rings. The molecule has 0 fully saturated rings. The van der Waals surface area contributed by atoms with Crippen molar-refractivity contribution in [2.45, 2.75) is 9.79 Å². The van der Waals surface area contributed by atoms with Gasteiger partial charge in [-0.3, -0.25) is 4.98 Å². The van der Waals surface area contributed by atoms with Crippen LogP contribution in [0, 0.1) is 0 Å². The molecule has 0 N–H and O–H groups in total. The minimum atomic E-state index is 1.09. The highest BCUT2D eigenvalue weighted by molar-refractivity contribution is 9.10. The topological polar surface area (TPSA) is 12.9 Å². The first-order chi connectivity index (χ1) is 7.26. The van der Waals surface area contributed by atoms with Crippen LogP contribution in [0.3, 0.4) is 0 Å². The number of aromatic nitrogens is 1. The van der Waals surface area contributed by atoms with Gasteiger partial charge in [-0.1, -0.05) is 15.9 Å². The summed E-state index contributed by atoms with van der Waals surface area (Å²) >= 11 is 7.02. The number of benzene rings is 1. The second-order valence-corrected chi connectivity index (χ2v) is 5.63. The first kappa shape index (κ1) is 11.3. The van der Waals surface area contributed by atoms with Gasteiger partial charge < -0.3 is 0 Å². The fourth-order valence-electron chi connectivity index (χ4n) is 1.50. The smallest absolute Gasteiger partial charge is 0.0849 e. The van der Waals surface area contributed by atoms with Crippen LogP contribution in [0.25, 0.3) is 10.9 Å². The first-order valence-electron chi connectivity index (χ1n) is 4.42. The monoisotopic (exact) mass is 299 g/mol. The van der Waals surface area contributed by atoms with Gasteiger partial charge in [0.1, 0.15) is 0 Å². The third-order valence-electron chi connectivity index (χ3n) is 2.17. The predicted molar refractivity (Wildman–Crippen MR) is 73.0 cm³/mol. The number of rotatable bonds is 2. The fourth-order valence-corrected chi connectivity index (χ4v) is 3.28. The molecule has 0 unspecified atom stereocenters. The molecule has 1 nitrogen and oxygen atoms in total. The summed E-state index contributed by atoms with van der Waals surface area (Å²) in [6.45, 7) is 0. The van der Waals surface area contributed by atoms with Gasteiger partial charge in [0.25, 0.3) is 0 Å². The van der Waals surface area contributed by atoms with Crippen molar-refractivity contribution in [1.82, 2.24) is 4.98 Å². The van der Waals surface area contributed by atoms with E-state index in [1.807, 2.05) is 6.20 Å². The molecule has 0 saturated heterocycles. The van der Waals surface area contributed by atoms with E-state index in [0.717, 1.165) is 9.99 Å². The van der Waals surface area contributed by atoms with E-state index >= 15 is 0 Å². The van der Waals surface area contributed by atoms with Crippen LogP contribution in [0.1, 0.15) is 0 Å². The summed E-state index contributed by atoms with van der Waals surface area (Å²) in [5, 5.41) is 1.23. The molecular weight excluding hydrogens is 290 g/mol. The zero-order valence-corrected chi connectivity index (χ0v) is 11.7. The Morgan fingerprint density at radius 2 is 1.87 bits per heavy atom. The molecule has 0 bridgehead atoms. The Morgan fingerprint density at radius 3 is 2.53 bits per heavy atom. The normalized spacial score (nSPS) is 10.9. The maximum absolute atomic E-state index is 4.45. The molecule has 1 heterocycles. The highest BCUT2D eigenvalue weighted by Gasteiger charge is 2.06. The Labute approximate surface area is 106 Å². The molecule has 2 aromatic rings. The molecule has 1 aromatic heterocycles. The summed E-state index contributed by atoms with van der Waals surface area (Å²) in [6, 6.07) is 6.31. The number of fused-ring (bicyclic) bond motifs is 1. The standard InChI is InChI=1S/C11H10BrNS2/c1-14-9-3-4-13-11-8(9)5-7(12)6-10(11)15-2/h3-6H,1-2H3. The van der Waals surface area contributed by atoms with E-state index in [0.29, 0.717) is 0 Å². The van der Waals surface area contributed by atoms with Crippen molar-refractivity contribution < 1.29 is 0 Å². The first-order valence-corrected chi connectivity index (χ1v) is 7.66. The Hall–Kier alpha value is -0.190. The highest BCUT2D eigenvalue weighted by atomic mass is 79.9. The van der Waals surface area contributed by atoms with Crippen molar-refractivity contribution in [3.05, 3.63) is 28.9 Å². The van der Waals surface area contributed by atoms with Gasteiger partial charge in [-0.05, 0) is 30.7 Å². The summed E-state index contributed by atoms with van der Waals surface area (Å²) in [5.41, 5.74) is 1.09. The van der Waals surface area contributed by atoms with Gasteiger partial charge in [-0.15, -0.1) is 23.5 Å². The fraction of sp³-hybridized carbons (Fsp3) is 0.182. The maximum Gasteiger partial charge on any atom is 0.0849 e. The summed E-state index contributed by atoms with van der Waals surface area (Å²) in [5.74, 6) is 0. The van der Waals surface area contributed by atoms with Crippen molar-refractivity contribution in [1.29, 1.82) is 0 Å². The quantitative estimate of drug-likeness (QED) is 0.761. The molecule has 0 amide bonds. The highest BCUT2D eigenvalue weighted by Crippen LogP contribution is 2.33. The molecule has 0 aliphatic carbocycles. The van der Waals surface area contributed by atoms with E-state index in [-0.39, 0.29) is 0 Å². The zero-order chi connectivity index (χ0) is 10.8. The van der Waals surface area contributed by atoms with E-state index in [1.165, 1.54) is 15.2 Å². The van der Waals surface area contributed by atoms with E-state index in [4.69, 9.17) is 0 Å². The Balaban J connectivity index is 2.82. The second-order valence-electron chi connectivity index (χ2n) is 3.02. The molecule has 78 valence electrons. The molecule has 0 saturated carbocycles. The third kappa shape index (κ3) is 2.17. The van der Waals surface area contributed by atoms with E-state index in [1.54, 1.807) is 23.5 Å². The molecule has 4 heteroatoms. The molecule has 2 rings (SSSR count). The zero-order valence-electron chi connectivity index (χ0n) is 8.45. The van der Waals surface area contributed by atoms with Gasteiger partial charge in [-0.25, -0.2) is 0 Å². The number of halogens is 1. The van der Waals surface area contributed by atoms with E-state index in [9.17, 15) is 0 Å². The number of nitrogens with zero attached hydrogens (tertiary/aromatic N) is 1. The third-order valence-corrected chi connectivity index (χ3v) is 4.18. The van der Waals surface area contributed by atoms with Crippen LogP contribution in [-0.4, -0.2) is 17.5 Å². The van der Waals surface area contributed by atoms with Crippen LogP contribution in [0.4, 0.5) is 0 Å². The summed E-state index contributed by atoms with van der Waals surface area (Å²) in [6.07, 6.45) is 6.05. The van der Waals surface area contributed by atoms with Gasteiger partial charge in [-0.2, -0.15) is 0 Å². The van der Waals surface area contributed by atoms with Crippen molar-refractivity contribution in [3.63, 3.8) is 0 Å². The average Bonchev–Trinajstić information content (AvgIpc) is 2.27. The lowest BCUT2D eigenvalue weighted by atomic mass is 10.2. The number of hydrogen-bond acceptors (Lipinski definition) is 3. The van der Waals surface area contributed by atoms with E-state index in [2.05, 4.69) is 51.6 Å². The molecule has 1 aromatic carbocycles. The van der Waals surface area contributed by atoms with Gasteiger partial charge in [0, 0.05) is 25.8 Å². The van der Waals surface area contributed by atoms with Crippen LogP contribution >= 0.6 is 39.5 Å². The van der Waals surface area contributed by atoms with Gasteiger partial charge in [0.15, 0.2) is 0 Å². The lowest BCUT2D eigenvalue weighted by Gasteiger charge is -2.07. The lowest BCUT2D eigenvalue weighted by molar-refractivity contribution is 1.30. The van der Waals surface area contributed by atoms with Gasteiger partial charge in [0.05, 0.1) is 5.52 Å². The van der Waals surface area contributed by atoms with Crippen LogP contribution in [0.2, 0.25) is 0 Å². The lowest BCUT2D eigenvalue weighted by Crippen LogP contribution is -1.85. The van der Waals surface area contributed by atoms with E-state index < -0.39 is 0 Å². The number of hydrogen-bond donors (Lipinski definition) is 0. The SMILES string of the molecule is CSc1ccnc2c(SC)cc(Br)cc12. The van der Waals surface area contributed by atoms with Crippen LogP contribution in [-0.2, 0) is 0 Å². The van der Waals surface area contributed by atoms with Crippen LogP contribution < -0.4 is 0 Å². The van der Waals surface area contributed by atoms with Crippen molar-refractivity contribution in [2.75, 3.05) is 12.5 Å². The van der Waals surface area contributed by atoms with Gasteiger partial charge >= 0.3 is 0 Å². The molecule has 0 aliphatic heterocycles. The molecule has 15 heavy (non-hydrogen) atoms. The Kier molecular flexibility index (Phi) is 3.59. The van der Waals surface area contributed by atoms with Crippen molar-refractivity contribution in [3.8, 4) is 0 Å². The summed E-state index contributed by atoms with van der Waals surface area (Å²) in [4.78, 5) is 6.94. The average molecular weight is 300 g/mol. The second kappa shape index (κ2) is 4.76. The molecule has 0 atom stereocenters. The molecular formula is C11H10BrNS2. The summed E-state index contributed by atoms with van der Waals surface area (Å²) < 4.78 is 1.11. The van der Waals surface area contributed by atoms with Crippen molar-refractivity contribution in [2.24, 2.45) is 0 Å². The minimum Gasteiger partial charge on any atom is -0.255 e.